The molecular formula is C12H17N3O. The third kappa shape index (κ3) is 1.65. The lowest BCUT2D eigenvalue weighted by Crippen LogP contribution is -2.31. The zero-order chi connectivity index (χ0) is 11.9. The van der Waals surface area contributed by atoms with Crippen molar-refractivity contribution >= 4 is 11.0 Å². The molecule has 0 aliphatic heterocycles. The fourth-order valence-electron chi connectivity index (χ4n) is 1.95. The summed E-state index contributed by atoms with van der Waals surface area (Å²) in [6.45, 7) is 6.52. The minimum Gasteiger partial charge on any atom is -0.326 e. The lowest BCUT2D eigenvalue weighted by Gasteiger charge is -2.20. The highest BCUT2D eigenvalue weighted by atomic mass is 16.1. The minimum atomic E-state index is -0.223. The lowest BCUT2D eigenvalue weighted by atomic mass is 10.1. The predicted octanol–water partition coefficient (Wildman–Crippen LogP) is 1.54. The van der Waals surface area contributed by atoms with E-state index >= 15 is 0 Å². The van der Waals surface area contributed by atoms with Gasteiger partial charge in [-0.2, -0.15) is 0 Å². The van der Waals surface area contributed by atoms with E-state index in [-0.39, 0.29) is 11.2 Å². The summed E-state index contributed by atoms with van der Waals surface area (Å²) in [6.07, 6.45) is 0. The number of nitrogens with zero attached hydrogens (tertiary/aromatic N) is 1. The molecule has 0 spiro atoms. The number of hydrogen-bond acceptors (Lipinski definition) is 2. The molecule has 3 N–H and O–H groups in total. The maximum atomic E-state index is 11.9. The number of H-pyrrole nitrogens is 1. The smallest absolute Gasteiger partial charge is 0.326 e. The Morgan fingerprint density at radius 3 is 2.62 bits per heavy atom. The second kappa shape index (κ2) is 3.49. The first-order valence-electron chi connectivity index (χ1n) is 5.37. The molecule has 16 heavy (non-hydrogen) atoms. The van der Waals surface area contributed by atoms with E-state index in [2.05, 4.69) is 4.98 Å². The fourth-order valence-corrected chi connectivity index (χ4v) is 1.95. The first kappa shape index (κ1) is 11.0. The molecule has 1 aromatic carbocycles. The monoisotopic (exact) mass is 219 g/mol. The van der Waals surface area contributed by atoms with Gasteiger partial charge in [-0.25, -0.2) is 4.79 Å². The zero-order valence-electron chi connectivity index (χ0n) is 9.87. The van der Waals surface area contributed by atoms with Gasteiger partial charge in [-0.15, -0.1) is 0 Å². The van der Waals surface area contributed by atoms with Crippen molar-refractivity contribution in [2.75, 3.05) is 0 Å². The molecule has 0 aliphatic rings. The molecule has 2 aromatic rings. The van der Waals surface area contributed by atoms with Crippen LogP contribution in [0.3, 0.4) is 0 Å². The van der Waals surface area contributed by atoms with Crippen LogP contribution in [-0.2, 0) is 12.1 Å². The predicted molar refractivity (Wildman–Crippen MR) is 65.4 cm³/mol. The molecule has 0 bridgehead atoms. The molecule has 0 amide bonds. The van der Waals surface area contributed by atoms with Crippen LogP contribution in [-0.4, -0.2) is 9.55 Å². The molecule has 0 aliphatic carbocycles. The van der Waals surface area contributed by atoms with Gasteiger partial charge in [0.05, 0.1) is 11.0 Å². The standard InChI is InChI=1S/C12H17N3O/c1-12(2,3)15-10-5-4-8(7-13)6-9(10)14-11(15)16/h4-6H,7,13H2,1-3H3,(H,14,16). The minimum absolute atomic E-state index is 0.0725. The summed E-state index contributed by atoms with van der Waals surface area (Å²) < 4.78 is 1.77. The molecule has 0 fully saturated rings. The maximum Gasteiger partial charge on any atom is 0.326 e. The Bertz CT molecular complexity index is 572. The van der Waals surface area contributed by atoms with E-state index in [0.717, 1.165) is 16.6 Å². The van der Waals surface area contributed by atoms with E-state index in [0.29, 0.717) is 6.54 Å². The van der Waals surface area contributed by atoms with Crippen LogP contribution in [0.25, 0.3) is 11.0 Å². The second-order valence-corrected chi connectivity index (χ2v) is 4.99. The number of nitrogens with two attached hydrogens (primary N) is 1. The normalized spacial score (nSPS) is 12.2. The molecular weight excluding hydrogens is 202 g/mol. The van der Waals surface area contributed by atoms with Crippen LogP contribution in [0.5, 0.6) is 0 Å². The molecule has 0 saturated heterocycles. The van der Waals surface area contributed by atoms with Gasteiger partial charge in [0.15, 0.2) is 0 Å². The van der Waals surface area contributed by atoms with Crippen molar-refractivity contribution in [3.8, 4) is 0 Å². The van der Waals surface area contributed by atoms with Crippen LogP contribution in [0.15, 0.2) is 23.0 Å². The lowest BCUT2D eigenvalue weighted by molar-refractivity contribution is 0.397. The summed E-state index contributed by atoms with van der Waals surface area (Å²) in [4.78, 5) is 14.7. The summed E-state index contributed by atoms with van der Waals surface area (Å²) in [5, 5.41) is 0. The number of rotatable bonds is 1. The molecule has 4 nitrogen and oxygen atoms in total. The van der Waals surface area contributed by atoms with Gasteiger partial charge in [0.2, 0.25) is 0 Å². The van der Waals surface area contributed by atoms with Gasteiger partial charge in [0, 0.05) is 12.1 Å². The molecule has 86 valence electrons. The van der Waals surface area contributed by atoms with Crippen LogP contribution in [0.1, 0.15) is 26.3 Å². The summed E-state index contributed by atoms with van der Waals surface area (Å²) in [5.74, 6) is 0. The van der Waals surface area contributed by atoms with Gasteiger partial charge < -0.3 is 10.7 Å². The zero-order valence-corrected chi connectivity index (χ0v) is 9.87. The van der Waals surface area contributed by atoms with Gasteiger partial charge in [-0.3, -0.25) is 4.57 Å². The largest absolute Gasteiger partial charge is 0.326 e. The summed E-state index contributed by atoms with van der Waals surface area (Å²) in [7, 11) is 0. The Balaban J connectivity index is 2.77. The van der Waals surface area contributed by atoms with E-state index in [1.165, 1.54) is 0 Å². The number of benzene rings is 1. The molecule has 0 atom stereocenters. The highest BCUT2D eigenvalue weighted by molar-refractivity contribution is 5.76. The van der Waals surface area contributed by atoms with Crippen molar-refractivity contribution in [2.24, 2.45) is 5.73 Å². The van der Waals surface area contributed by atoms with Crippen molar-refractivity contribution in [2.45, 2.75) is 32.9 Å². The van der Waals surface area contributed by atoms with E-state index in [9.17, 15) is 4.79 Å². The highest BCUT2D eigenvalue weighted by Crippen LogP contribution is 2.19. The molecule has 0 radical (unpaired) electrons. The topological polar surface area (TPSA) is 63.8 Å². The Hall–Kier alpha value is -1.55. The first-order valence-corrected chi connectivity index (χ1v) is 5.37. The van der Waals surface area contributed by atoms with Crippen LogP contribution >= 0.6 is 0 Å². The first-order chi connectivity index (χ1) is 7.43. The average Bonchev–Trinajstić information content (AvgIpc) is 2.51. The maximum absolute atomic E-state index is 11.9. The van der Waals surface area contributed by atoms with Gasteiger partial charge in [-0.1, -0.05) is 6.07 Å². The van der Waals surface area contributed by atoms with Crippen LogP contribution in [0, 0.1) is 0 Å². The van der Waals surface area contributed by atoms with Gasteiger partial charge >= 0.3 is 5.69 Å². The SMILES string of the molecule is CC(C)(C)n1c(=O)[nH]c2cc(CN)ccc21. The molecule has 4 heteroatoms. The second-order valence-electron chi connectivity index (χ2n) is 4.99. The molecule has 2 rings (SSSR count). The fraction of sp³-hybridized carbons (Fsp3) is 0.417. The Morgan fingerprint density at radius 2 is 2.06 bits per heavy atom. The van der Waals surface area contributed by atoms with Crippen LogP contribution in [0.4, 0.5) is 0 Å². The summed E-state index contributed by atoms with van der Waals surface area (Å²) in [5.41, 5.74) is 8.08. The van der Waals surface area contributed by atoms with Crippen molar-refractivity contribution in [3.05, 3.63) is 34.2 Å². The molecule has 0 saturated carbocycles. The molecule has 1 heterocycles. The Morgan fingerprint density at radius 1 is 1.38 bits per heavy atom. The summed E-state index contributed by atoms with van der Waals surface area (Å²) in [6, 6.07) is 5.83. The van der Waals surface area contributed by atoms with E-state index in [1.807, 2.05) is 39.0 Å². The van der Waals surface area contributed by atoms with E-state index in [1.54, 1.807) is 4.57 Å². The number of nitrogens with one attached hydrogen (secondary N) is 1. The number of aromatic amines is 1. The van der Waals surface area contributed by atoms with Crippen LogP contribution < -0.4 is 11.4 Å². The summed E-state index contributed by atoms with van der Waals surface area (Å²) >= 11 is 0. The third-order valence-corrected chi connectivity index (χ3v) is 2.65. The highest BCUT2D eigenvalue weighted by Gasteiger charge is 2.19. The van der Waals surface area contributed by atoms with Gasteiger partial charge in [0.1, 0.15) is 0 Å². The number of imidazole rings is 1. The van der Waals surface area contributed by atoms with Gasteiger partial charge in [0.25, 0.3) is 0 Å². The third-order valence-electron chi connectivity index (χ3n) is 2.65. The number of fused-ring (bicyclic) bond motifs is 1. The van der Waals surface area contributed by atoms with E-state index < -0.39 is 0 Å². The number of hydrogen-bond donors (Lipinski definition) is 2. The average molecular weight is 219 g/mol. The molecule has 1 aromatic heterocycles. The van der Waals surface area contributed by atoms with Gasteiger partial charge in [-0.05, 0) is 38.5 Å². The quantitative estimate of drug-likeness (QED) is 0.764. The van der Waals surface area contributed by atoms with Crippen molar-refractivity contribution < 1.29 is 0 Å². The Kier molecular flexibility index (Phi) is 2.39. The van der Waals surface area contributed by atoms with Crippen LogP contribution in [0.2, 0.25) is 0 Å². The van der Waals surface area contributed by atoms with Crippen molar-refractivity contribution in [3.63, 3.8) is 0 Å². The molecule has 0 unspecified atom stereocenters. The van der Waals surface area contributed by atoms with Crippen molar-refractivity contribution in [1.82, 2.24) is 9.55 Å². The van der Waals surface area contributed by atoms with E-state index in [4.69, 9.17) is 5.73 Å². The Labute approximate surface area is 94.1 Å². The van der Waals surface area contributed by atoms with Crippen molar-refractivity contribution in [1.29, 1.82) is 0 Å². The number of aromatic nitrogens is 2.